The van der Waals surface area contributed by atoms with E-state index in [9.17, 15) is 9.59 Å². The number of ether oxygens (including phenoxy) is 1. The van der Waals surface area contributed by atoms with Crippen molar-refractivity contribution in [3.8, 4) is 5.75 Å². The van der Waals surface area contributed by atoms with Crippen molar-refractivity contribution in [3.63, 3.8) is 0 Å². The molecule has 0 fully saturated rings. The summed E-state index contributed by atoms with van der Waals surface area (Å²) in [6.45, 7) is 4.82. The molecule has 3 aromatic carbocycles. The van der Waals surface area contributed by atoms with Gasteiger partial charge in [0.25, 0.3) is 5.91 Å². The lowest BCUT2D eigenvalue weighted by molar-refractivity contribution is -0.142. The van der Waals surface area contributed by atoms with Crippen molar-refractivity contribution in [2.45, 2.75) is 45.7 Å². The number of rotatable bonds is 12. The molecule has 2 amide bonds. The molecule has 0 spiro atoms. The number of hydrogen-bond acceptors (Lipinski definition) is 3. The molecule has 5 nitrogen and oxygen atoms in total. The van der Waals surface area contributed by atoms with Gasteiger partial charge in [-0.05, 0) is 53.8 Å². The van der Waals surface area contributed by atoms with E-state index in [0.717, 1.165) is 28.4 Å². The lowest BCUT2D eigenvalue weighted by Gasteiger charge is -2.31. The highest BCUT2D eigenvalue weighted by Crippen LogP contribution is 2.18. The second-order valence-electron chi connectivity index (χ2n) is 8.43. The number of carbonyl (C=O) groups is 2. The monoisotopic (exact) mass is 536 g/mol. The molecule has 0 saturated heterocycles. The first-order chi connectivity index (χ1) is 17.0. The highest BCUT2D eigenvalue weighted by molar-refractivity contribution is 9.10. The third kappa shape index (κ3) is 8.25. The maximum absolute atomic E-state index is 13.5. The maximum atomic E-state index is 13.5. The van der Waals surface area contributed by atoms with Gasteiger partial charge in [0.15, 0.2) is 6.61 Å². The molecule has 0 radical (unpaired) electrons. The van der Waals surface area contributed by atoms with Crippen LogP contribution in [-0.4, -0.2) is 35.9 Å². The molecule has 0 unspecified atom stereocenters. The predicted octanol–water partition coefficient (Wildman–Crippen LogP) is 5.56. The number of nitrogens with one attached hydrogen (secondary N) is 1. The fourth-order valence-corrected chi connectivity index (χ4v) is 4.02. The minimum atomic E-state index is -0.661. The Morgan fingerprint density at radius 1 is 0.886 bits per heavy atom. The molecule has 184 valence electrons. The summed E-state index contributed by atoms with van der Waals surface area (Å²) >= 11 is 3.46. The molecule has 0 bridgehead atoms. The molecule has 0 aliphatic carbocycles. The number of amides is 2. The van der Waals surface area contributed by atoms with E-state index in [1.165, 1.54) is 5.56 Å². The molecule has 0 aliphatic heterocycles. The smallest absolute Gasteiger partial charge is 0.261 e. The van der Waals surface area contributed by atoms with E-state index < -0.39 is 6.04 Å². The van der Waals surface area contributed by atoms with Gasteiger partial charge in [0.1, 0.15) is 11.8 Å². The van der Waals surface area contributed by atoms with Crippen LogP contribution in [0.2, 0.25) is 0 Å². The quantitative estimate of drug-likeness (QED) is 0.329. The predicted molar refractivity (Wildman–Crippen MR) is 143 cm³/mol. The van der Waals surface area contributed by atoms with Crippen molar-refractivity contribution < 1.29 is 14.3 Å². The van der Waals surface area contributed by atoms with Crippen LogP contribution in [0.5, 0.6) is 5.75 Å². The lowest BCUT2D eigenvalue weighted by Crippen LogP contribution is -2.51. The number of halogens is 1. The third-order valence-corrected chi connectivity index (χ3v) is 6.31. The first-order valence-electron chi connectivity index (χ1n) is 12.1. The summed E-state index contributed by atoms with van der Waals surface area (Å²) in [5, 5.41) is 2.99. The van der Waals surface area contributed by atoms with Gasteiger partial charge in [0.2, 0.25) is 5.91 Å². The average molecular weight is 537 g/mol. The van der Waals surface area contributed by atoms with E-state index in [1.807, 2.05) is 85.8 Å². The molecule has 0 aromatic heterocycles. The van der Waals surface area contributed by atoms with Gasteiger partial charge in [-0.2, -0.15) is 0 Å². The van der Waals surface area contributed by atoms with E-state index in [4.69, 9.17) is 4.74 Å². The number of hydrogen-bond donors (Lipinski definition) is 1. The average Bonchev–Trinajstić information content (AvgIpc) is 2.89. The lowest BCUT2D eigenvalue weighted by atomic mass is 10.0. The summed E-state index contributed by atoms with van der Waals surface area (Å²) in [4.78, 5) is 28.5. The highest BCUT2D eigenvalue weighted by atomic mass is 79.9. The van der Waals surface area contributed by atoms with Crippen molar-refractivity contribution in [2.24, 2.45) is 0 Å². The summed E-state index contributed by atoms with van der Waals surface area (Å²) in [6.07, 6.45) is 2.18. The van der Waals surface area contributed by atoms with Crippen LogP contribution in [0, 0.1) is 0 Å². The van der Waals surface area contributed by atoms with Gasteiger partial charge >= 0.3 is 0 Å². The minimum absolute atomic E-state index is 0.144. The van der Waals surface area contributed by atoms with Gasteiger partial charge in [-0.3, -0.25) is 9.59 Å². The topological polar surface area (TPSA) is 58.6 Å². The molecule has 6 heteroatoms. The summed E-state index contributed by atoms with van der Waals surface area (Å²) in [7, 11) is 0. The van der Waals surface area contributed by atoms with Gasteiger partial charge in [-0.1, -0.05) is 84.4 Å². The fourth-order valence-electron chi connectivity index (χ4n) is 3.76. The van der Waals surface area contributed by atoms with Crippen molar-refractivity contribution in [1.29, 1.82) is 0 Å². The van der Waals surface area contributed by atoms with Crippen LogP contribution in [0.4, 0.5) is 0 Å². The van der Waals surface area contributed by atoms with Crippen molar-refractivity contribution in [1.82, 2.24) is 10.2 Å². The number of carbonyl (C=O) groups excluding carboxylic acids is 2. The summed E-state index contributed by atoms with van der Waals surface area (Å²) < 4.78 is 6.79. The van der Waals surface area contributed by atoms with Gasteiger partial charge in [-0.15, -0.1) is 0 Å². The molecule has 1 atom stereocenters. The Bertz CT molecular complexity index is 1070. The Balaban J connectivity index is 1.86. The van der Waals surface area contributed by atoms with E-state index in [-0.39, 0.29) is 18.4 Å². The second kappa shape index (κ2) is 13.7. The Hall–Kier alpha value is -3.12. The van der Waals surface area contributed by atoms with Gasteiger partial charge in [-0.25, -0.2) is 0 Å². The fraction of sp³-hybridized carbons (Fsp3) is 0.310. The van der Waals surface area contributed by atoms with Crippen LogP contribution >= 0.6 is 15.9 Å². The summed E-state index contributed by atoms with van der Waals surface area (Å²) in [5.41, 5.74) is 3.14. The molecule has 0 heterocycles. The minimum Gasteiger partial charge on any atom is -0.484 e. The molecule has 0 aliphatic rings. The van der Waals surface area contributed by atoms with Gasteiger partial charge in [0.05, 0.1) is 0 Å². The Kier molecular flexibility index (Phi) is 10.4. The normalized spacial score (nSPS) is 11.5. The summed E-state index contributed by atoms with van der Waals surface area (Å²) in [5.74, 6) is 0.239. The Labute approximate surface area is 216 Å². The van der Waals surface area contributed by atoms with Crippen LogP contribution in [0.1, 0.15) is 37.0 Å². The largest absolute Gasteiger partial charge is 0.484 e. The molecule has 35 heavy (non-hydrogen) atoms. The number of nitrogens with zero attached hydrogens (tertiary/aromatic N) is 1. The standard InChI is InChI=1S/C29H33BrN2O3/c1-3-18-31-29(34)27(19-23-8-6-5-7-9-23)32(20-24-10-14-25(30)15-11-24)28(33)21-35-26-16-12-22(4-2)13-17-26/h5-17,27H,3-4,18-21H2,1-2H3,(H,31,34)/t27-/m1/s1. The molecule has 3 rings (SSSR count). The van der Waals surface area contributed by atoms with Crippen molar-refractivity contribution >= 4 is 27.7 Å². The van der Waals surface area contributed by atoms with Crippen LogP contribution in [0.15, 0.2) is 83.3 Å². The number of benzene rings is 3. The Morgan fingerprint density at radius 3 is 2.17 bits per heavy atom. The molecular formula is C29H33BrN2O3. The maximum Gasteiger partial charge on any atom is 0.261 e. The molecule has 3 aromatic rings. The first kappa shape index (κ1) is 26.5. The van der Waals surface area contributed by atoms with Crippen LogP contribution < -0.4 is 10.1 Å². The second-order valence-corrected chi connectivity index (χ2v) is 9.35. The van der Waals surface area contributed by atoms with E-state index in [0.29, 0.717) is 25.3 Å². The SMILES string of the molecule is CCCNC(=O)[C@@H](Cc1ccccc1)N(Cc1ccc(Br)cc1)C(=O)COc1ccc(CC)cc1. The molecule has 0 saturated carbocycles. The molecule has 1 N–H and O–H groups in total. The van der Waals surface area contributed by atoms with Crippen molar-refractivity contribution in [3.05, 3.63) is 100 Å². The Morgan fingerprint density at radius 2 is 1.54 bits per heavy atom. The van der Waals surface area contributed by atoms with Gasteiger partial charge in [0, 0.05) is 24.0 Å². The highest BCUT2D eigenvalue weighted by Gasteiger charge is 2.30. The molecular weight excluding hydrogens is 504 g/mol. The zero-order valence-electron chi connectivity index (χ0n) is 20.4. The summed E-state index contributed by atoms with van der Waals surface area (Å²) in [6, 6.07) is 24.7. The first-order valence-corrected chi connectivity index (χ1v) is 12.9. The van der Waals surface area contributed by atoms with Gasteiger partial charge < -0.3 is 15.0 Å². The van der Waals surface area contributed by atoms with E-state index in [1.54, 1.807) is 4.90 Å². The number of aryl methyl sites for hydroxylation is 1. The van der Waals surface area contributed by atoms with Crippen molar-refractivity contribution in [2.75, 3.05) is 13.2 Å². The van der Waals surface area contributed by atoms with E-state index >= 15 is 0 Å². The van der Waals surface area contributed by atoms with E-state index in [2.05, 4.69) is 28.2 Å². The zero-order chi connectivity index (χ0) is 25.0. The zero-order valence-corrected chi connectivity index (χ0v) is 22.0. The third-order valence-electron chi connectivity index (χ3n) is 5.78. The van der Waals surface area contributed by atoms with Crippen LogP contribution in [0.3, 0.4) is 0 Å². The van der Waals surface area contributed by atoms with Crippen LogP contribution in [-0.2, 0) is 29.0 Å². The van der Waals surface area contributed by atoms with Crippen LogP contribution in [0.25, 0.3) is 0 Å².